The maximum atomic E-state index is 12.0. The van der Waals surface area contributed by atoms with E-state index >= 15 is 0 Å². The molecule has 0 saturated carbocycles. The van der Waals surface area contributed by atoms with E-state index in [2.05, 4.69) is 5.32 Å². The van der Waals surface area contributed by atoms with Gasteiger partial charge in [-0.1, -0.05) is 17.7 Å². The van der Waals surface area contributed by atoms with Crippen LogP contribution >= 0.6 is 22.9 Å². The summed E-state index contributed by atoms with van der Waals surface area (Å²) in [5.74, 6) is -1.51. The molecule has 2 aromatic rings. The van der Waals surface area contributed by atoms with E-state index in [4.69, 9.17) is 16.7 Å². The van der Waals surface area contributed by atoms with Gasteiger partial charge in [0, 0.05) is 0 Å². The van der Waals surface area contributed by atoms with Crippen molar-refractivity contribution >= 4 is 40.5 Å². The van der Waals surface area contributed by atoms with E-state index in [-0.39, 0.29) is 22.2 Å². The molecule has 0 aliphatic carbocycles. The molecule has 0 radical (unpaired) electrons. The number of aryl methyl sites for hydroxylation is 1. The summed E-state index contributed by atoms with van der Waals surface area (Å²) >= 11 is 7.14. The zero-order chi connectivity index (χ0) is 14.0. The summed E-state index contributed by atoms with van der Waals surface area (Å²) in [6.45, 7) is 1.82. The molecular weight excluding hydrogens is 286 g/mol. The van der Waals surface area contributed by atoms with Crippen LogP contribution in [0.3, 0.4) is 0 Å². The maximum absolute atomic E-state index is 12.0. The second-order valence-electron chi connectivity index (χ2n) is 3.85. The highest BCUT2D eigenvalue weighted by molar-refractivity contribution is 7.12. The second-order valence-corrected chi connectivity index (χ2v) is 5.18. The molecule has 0 aliphatic heterocycles. The van der Waals surface area contributed by atoms with Gasteiger partial charge in [-0.3, -0.25) is 4.79 Å². The summed E-state index contributed by atoms with van der Waals surface area (Å²) in [5, 5.41) is 13.6. The fourth-order valence-electron chi connectivity index (χ4n) is 1.63. The number of carboxylic acid groups (broad SMARTS) is 1. The minimum atomic E-state index is -1.18. The number of halogens is 1. The van der Waals surface area contributed by atoms with Crippen molar-refractivity contribution in [2.75, 3.05) is 5.32 Å². The van der Waals surface area contributed by atoms with Crippen molar-refractivity contribution in [3.8, 4) is 0 Å². The average molecular weight is 296 g/mol. The number of nitrogens with one attached hydrogen (secondary N) is 1. The number of anilines is 1. The lowest BCUT2D eigenvalue weighted by Gasteiger charge is -2.09. The van der Waals surface area contributed by atoms with E-state index in [0.29, 0.717) is 4.88 Å². The third kappa shape index (κ3) is 2.77. The summed E-state index contributed by atoms with van der Waals surface area (Å²) in [7, 11) is 0. The lowest BCUT2D eigenvalue weighted by molar-refractivity contribution is 0.0698. The van der Waals surface area contributed by atoms with Gasteiger partial charge >= 0.3 is 5.97 Å². The van der Waals surface area contributed by atoms with Gasteiger partial charge < -0.3 is 10.4 Å². The van der Waals surface area contributed by atoms with Crippen molar-refractivity contribution in [3.05, 3.63) is 50.7 Å². The highest BCUT2D eigenvalue weighted by atomic mass is 35.5. The first-order valence-corrected chi connectivity index (χ1v) is 6.63. The molecule has 4 nitrogen and oxygen atoms in total. The van der Waals surface area contributed by atoms with Crippen LogP contribution in [0.25, 0.3) is 0 Å². The van der Waals surface area contributed by atoms with Crippen LogP contribution in [0.5, 0.6) is 0 Å². The molecule has 0 fully saturated rings. The lowest BCUT2D eigenvalue weighted by Crippen LogP contribution is -2.14. The van der Waals surface area contributed by atoms with Crippen molar-refractivity contribution in [1.82, 2.24) is 0 Å². The lowest BCUT2D eigenvalue weighted by atomic mass is 10.1. The summed E-state index contributed by atoms with van der Waals surface area (Å²) in [4.78, 5) is 23.7. The normalized spacial score (nSPS) is 10.2. The summed E-state index contributed by atoms with van der Waals surface area (Å²) in [5.41, 5.74) is 0.936. The molecule has 1 amide bonds. The minimum absolute atomic E-state index is 0.0909. The molecule has 19 heavy (non-hydrogen) atoms. The van der Waals surface area contributed by atoms with Crippen LogP contribution in [0.1, 0.15) is 25.6 Å². The van der Waals surface area contributed by atoms with Gasteiger partial charge in [-0.05, 0) is 36.1 Å². The van der Waals surface area contributed by atoms with Gasteiger partial charge in [0.15, 0.2) is 0 Å². The first kappa shape index (κ1) is 13.6. The van der Waals surface area contributed by atoms with Crippen LogP contribution in [-0.4, -0.2) is 17.0 Å². The van der Waals surface area contributed by atoms with Crippen molar-refractivity contribution in [2.45, 2.75) is 6.92 Å². The molecule has 0 saturated heterocycles. The van der Waals surface area contributed by atoms with Crippen LogP contribution in [0.4, 0.5) is 5.69 Å². The standard InChI is InChI=1S/C13H10ClNO3S/c1-7-5-6-19-11(7)12(16)15-9-4-2-3-8(14)10(9)13(17)18/h2-6H,1H3,(H,15,16)(H,17,18). The predicted molar refractivity (Wildman–Crippen MR) is 75.4 cm³/mol. The number of amides is 1. The zero-order valence-electron chi connectivity index (χ0n) is 9.94. The molecule has 6 heteroatoms. The van der Waals surface area contributed by atoms with Crippen molar-refractivity contribution in [1.29, 1.82) is 0 Å². The molecule has 1 heterocycles. The molecule has 0 aliphatic rings. The second kappa shape index (κ2) is 5.42. The molecule has 1 aromatic heterocycles. The third-order valence-corrected chi connectivity index (χ3v) is 3.87. The fourth-order valence-corrected chi connectivity index (χ4v) is 2.71. The van der Waals surface area contributed by atoms with Crippen LogP contribution in [-0.2, 0) is 0 Å². The summed E-state index contributed by atoms with van der Waals surface area (Å²) in [6.07, 6.45) is 0. The Kier molecular flexibility index (Phi) is 3.87. The number of hydrogen-bond donors (Lipinski definition) is 2. The summed E-state index contributed by atoms with van der Waals surface area (Å²) in [6, 6.07) is 6.40. The molecule has 0 spiro atoms. The number of aromatic carboxylic acids is 1. The quantitative estimate of drug-likeness (QED) is 0.908. The molecule has 0 bridgehead atoms. The third-order valence-electron chi connectivity index (χ3n) is 2.54. The van der Waals surface area contributed by atoms with Gasteiger partial charge in [0.1, 0.15) is 5.56 Å². The van der Waals surface area contributed by atoms with Gasteiger partial charge in [0.25, 0.3) is 5.91 Å². The van der Waals surface area contributed by atoms with Crippen molar-refractivity contribution in [3.63, 3.8) is 0 Å². The molecule has 0 atom stereocenters. The van der Waals surface area contributed by atoms with E-state index in [1.54, 1.807) is 11.4 Å². The smallest absolute Gasteiger partial charge is 0.339 e. The van der Waals surface area contributed by atoms with Gasteiger partial charge in [0.05, 0.1) is 15.6 Å². The molecule has 2 rings (SSSR count). The SMILES string of the molecule is Cc1ccsc1C(=O)Nc1cccc(Cl)c1C(=O)O. The minimum Gasteiger partial charge on any atom is -0.478 e. The molecule has 0 unspecified atom stereocenters. The first-order valence-electron chi connectivity index (χ1n) is 5.38. The van der Waals surface area contributed by atoms with Crippen LogP contribution in [0.15, 0.2) is 29.6 Å². The van der Waals surface area contributed by atoms with E-state index in [0.717, 1.165) is 5.56 Å². The Balaban J connectivity index is 2.35. The average Bonchev–Trinajstić information content (AvgIpc) is 2.75. The van der Waals surface area contributed by atoms with Gasteiger partial charge in [-0.25, -0.2) is 4.79 Å². The Bertz CT molecular complexity index is 651. The van der Waals surface area contributed by atoms with Gasteiger partial charge in [-0.15, -0.1) is 11.3 Å². The molecule has 1 aromatic carbocycles. The van der Waals surface area contributed by atoms with E-state index in [9.17, 15) is 9.59 Å². The van der Waals surface area contributed by atoms with E-state index < -0.39 is 5.97 Å². The van der Waals surface area contributed by atoms with Crippen molar-refractivity contribution < 1.29 is 14.7 Å². The monoisotopic (exact) mass is 295 g/mol. The highest BCUT2D eigenvalue weighted by Gasteiger charge is 2.18. The topological polar surface area (TPSA) is 66.4 Å². The Morgan fingerprint density at radius 3 is 2.63 bits per heavy atom. The van der Waals surface area contributed by atoms with Gasteiger partial charge in [-0.2, -0.15) is 0 Å². The number of carbonyl (C=O) groups is 2. The number of rotatable bonds is 3. The summed E-state index contributed by atoms with van der Waals surface area (Å²) < 4.78 is 0. The van der Waals surface area contributed by atoms with Crippen molar-refractivity contribution in [2.24, 2.45) is 0 Å². The Labute approximate surface area is 118 Å². The number of carbonyl (C=O) groups excluding carboxylic acids is 1. The van der Waals surface area contributed by atoms with Crippen LogP contribution < -0.4 is 5.32 Å². The Morgan fingerprint density at radius 1 is 1.32 bits per heavy atom. The number of thiophene rings is 1. The molecule has 2 N–H and O–H groups in total. The van der Waals surface area contributed by atoms with E-state index in [1.165, 1.54) is 23.5 Å². The first-order chi connectivity index (χ1) is 9.00. The molecule has 98 valence electrons. The largest absolute Gasteiger partial charge is 0.478 e. The maximum Gasteiger partial charge on any atom is 0.339 e. The number of hydrogen-bond acceptors (Lipinski definition) is 3. The Hall–Kier alpha value is -1.85. The highest BCUT2D eigenvalue weighted by Crippen LogP contribution is 2.26. The Morgan fingerprint density at radius 2 is 2.05 bits per heavy atom. The zero-order valence-corrected chi connectivity index (χ0v) is 11.5. The number of benzene rings is 1. The van der Waals surface area contributed by atoms with E-state index in [1.807, 2.05) is 13.0 Å². The number of carboxylic acids is 1. The van der Waals surface area contributed by atoms with Crippen LogP contribution in [0.2, 0.25) is 5.02 Å². The fraction of sp³-hybridized carbons (Fsp3) is 0.0769. The molecular formula is C13H10ClNO3S. The predicted octanol–water partition coefficient (Wildman–Crippen LogP) is 3.66. The van der Waals surface area contributed by atoms with Crippen LogP contribution in [0, 0.1) is 6.92 Å². The van der Waals surface area contributed by atoms with Gasteiger partial charge in [0.2, 0.25) is 0 Å².